The van der Waals surface area contributed by atoms with Crippen LogP contribution in [0.4, 0.5) is 0 Å². The van der Waals surface area contributed by atoms with Crippen molar-refractivity contribution in [1.29, 1.82) is 0 Å². The maximum absolute atomic E-state index is 11.9. The van der Waals surface area contributed by atoms with Gasteiger partial charge in [-0.1, -0.05) is 6.92 Å². The molecule has 0 saturated carbocycles. The zero-order chi connectivity index (χ0) is 13.4. The zero-order valence-corrected chi connectivity index (χ0v) is 11.6. The van der Waals surface area contributed by atoms with Crippen LogP contribution < -0.4 is 5.32 Å². The molecule has 3 unspecified atom stereocenters. The molecule has 106 valence electrons. The van der Waals surface area contributed by atoms with E-state index in [4.69, 9.17) is 14.2 Å². The van der Waals surface area contributed by atoms with Crippen LogP contribution in [-0.4, -0.2) is 51.6 Å². The molecule has 0 bridgehead atoms. The second kappa shape index (κ2) is 8.45. The number of hydrogen-bond acceptors (Lipinski definition) is 5. The van der Waals surface area contributed by atoms with Gasteiger partial charge in [0, 0.05) is 26.2 Å². The lowest BCUT2D eigenvalue weighted by atomic mass is 10.0. The van der Waals surface area contributed by atoms with Gasteiger partial charge in [-0.05, 0) is 19.8 Å². The summed E-state index contributed by atoms with van der Waals surface area (Å²) in [6.07, 6.45) is 2.38. The molecule has 0 aromatic heterocycles. The highest BCUT2D eigenvalue weighted by Gasteiger charge is 2.27. The molecule has 5 heteroatoms. The number of esters is 1. The zero-order valence-electron chi connectivity index (χ0n) is 11.6. The third kappa shape index (κ3) is 4.92. The summed E-state index contributed by atoms with van der Waals surface area (Å²) in [5.41, 5.74) is 0. The lowest BCUT2D eigenvalue weighted by molar-refractivity contribution is -0.147. The van der Waals surface area contributed by atoms with Crippen LogP contribution in [0.25, 0.3) is 0 Å². The number of nitrogens with one attached hydrogen (secondary N) is 1. The number of ether oxygens (including phenoxy) is 3. The average Bonchev–Trinajstić information content (AvgIpc) is 2.83. The van der Waals surface area contributed by atoms with Crippen molar-refractivity contribution >= 4 is 5.97 Å². The minimum Gasteiger partial charge on any atom is -0.465 e. The van der Waals surface area contributed by atoms with E-state index in [1.807, 2.05) is 13.8 Å². The first-order chi connectivity index (χ1) is 8.69. The summed E-state index contributed by atoms with van der Waals surface area (Å²) in [4.78, 5) is 11.9. The van der Waals surface area contributed by atoms with Crippen LogP contribution >= 0.6 is 0 Å². The lowest BCUT2D eigenvalue weighted by Gasteiger charge is -2.24. The van der Waals surface area contributed by atoms with Crippen LogP contribution in [0.5, 0.6) is 0 Å². The molecule has 0 aliphatic carbocycles. The summed E-state index contributed by atoms with van der Waals surface area (Å²) < 4.78 is 15.7. The highest BCUT2D eigenvalue weighted by molar-refractivity contribution is 5.76. The first-order valence-corrected chi connectivity index (χ1v) is 6.69. The second-order valence-corrected chi connectivity index (χ2v) is 4.71. The molecule has 0 amide bonds. The van der Waals surface area contributed by atoms with E-state index in [9.17, 15) is 4.79 Å². The summed E-state index contributed by atoms with van der Waals surface area (Å²) in [5, 5.41) is 3.25. The molecular weight excluding hydrogens is 234 g/mol. The average molecular weight is 259 g/mol. The molecule has 1 saturated heterocycles. The van der Waals surface area contributed by atoms with Crippen molar-refractivity contribution in [3.63, 3.8) is 0 Å². The van der Waals surface area contributed by atoms with E-state index in [-0.39, 0.29) is 24.0 Å². The summed E-state index contributed by atoms with van der Waals surface area (Å²) in [5.74, 6) is -0.129. The van der Waals surface area contributed by atoms with Crippen molar-refractivity contribution in [3.8, 4) is 0 Å². The van der Waals surface area contributed by atoms with Crippen LogP contribution in [0.15, 0.2) is 0 Å². The van der Waals surface area contributed by atoms with E-state index in [1.54, 1.807) is 7.11 Å². The standard InChI is InChI=1S/C13H25NO4/c1-4-17-13(15)12(10(2)9-16-3)14-8-11-6-5-7-18-11/h10-12,14H,4-9H2,1-3H3. The number of rotatable bonds is 8. The van der Waals surface area contributed by atoms with Crippen molar-refractivity contribution in [2.45, 2.75) is 38.8 Å². The Bertz CT molecular complexity index is 241. The minimum absolute atomic E-state index is 0.0791. The van der Waals surface area contributed by atoms with Crippen molar-refractivity contribution in [2.24, 2.45) is 5.92 Å². The Morgan fingerprint density at radius 2 is 2.33 bits per heavy atom. The monoisotopic (exact) mass is 259 g/mol. The fourth-order valence-corrected chi connectivity index (χ4v) is 2.17. The smallest absolute Gasteiger partial charge is 0.323 e. The van der Waals surface area contributed by atoms with Gasteiger partial charge in [-0.2, -0.15) is 0 Å². The van der Waals surface area contributed by atoms with Gasteiger partial charge in [-0.25, -0.2) is 0 Å². The lowest BCUT2D eigenvalue weighted by Crippen LogP contribution is -2.47. The Morgan fingerprint density at radius 1 is 1.56 bits per heavy atom. The van der Waals surface area contributed by atoms with Crippen LogP contribution in [0, 0.1) is 5.92 Å². The van der Waals surface area contributed by atoms with Gasteiger partial charge in [0.1, 0.15) is 6.04 Å². The van der Waals surface area contributed by atoms with Crippen molar-refractivity contribution < 1.29 is 19.0 Å². The van der Waals surface area contributed by atoms with Gasteiger partial charge in [-0.15, -0.1) is 0 Å². The Kier molecular flexibility index (Phi) is 7.23. The molecule has 1 fully saturated rings. The van der Waals surface area contributed by atoms with Crippen molar-refractivity contribution in [1.82, 2.24) is 5.32 Å². The molecule has 0 radical (unpaired) electrons. The molecule has 5 nitrogen and oxygen atoms in total. The first-order valence-electron chi connectivity index (χ1n) is 6.69. The highest BCUT2D eigenvalue weighted by atomic mass is 16.5. The molecule has 0 spiro atoms. The van der Waals surface area contributed by atoms with Crippen LogP contribution in [0.1, 0.15) is 26.7 Å². The molecular formula is C13H25NO4. The topological polar surface area (TPSA) is 56.8 Å². The number of hydrogen-bond donors (Lipinski definition) is 1. The van der Waals surface area contributed by atoms with Gasteiger partial charge in [0.15, 0.2) is 0 Å². The van der Waals surface area contributed by atoms with E-state index in [0.29, 0.717) is 19.8 Å². The Hall–Kier alpha value is -0.650. The number of carbonyl (C=O) groups excluding carboxylic acids is 1. The maximum atomic E-state index is 11.9. The van der Waals surface area contributed by atoms with Gasteiger partial charge in [0.25, 0.3) is 0 Å². The van der Waals surface area contributed by atoms with Gasteiger partial charge in [0.2, 0.25) is 0 Å². The molecule has 0 aromatic rings. The van der Waals surface area contributed by atoms with E-state index in [0.717, 1.165) is 19.4 Å². The Labute approximate surface area is 109 Å². The van der Waals surface area contributed by atoms with Gasteiger partial charge in [0.05, 0.1) is 19.3 Å². The van der Waals surface area contributed by atoms with Crippen LogP contribution in [0.3, 0.4) is 0 Å². The van der Waals surface area contributed by atoms with Crippen molar-refractivity contribution in [2.75, 3.05) is 33.5 Å². The van der Waals surface area contributed by atoms with Crippen molar-refractivity contribution in [3.05, 3.63) is 0 Å². The SMILES string of the molecule is CCOC(=O)C(NCC1CCCO1)C(C)COC. The molecule has 1 aliphatic rings. The molecule has 1 rings (SSSR count). The van der Waals surface area contributed by atoms with E-state index < -0.39 is 0 Å². The quantitative estimate of drug-likeness (QED) is 0.658. The van der Waals surface area contributed by atoms with Gasteiger partial charge >= 0.3 is 5.97 Å². The molecule has 1 N–H and O–H groups in total. The predicted octanol–water partition coefficient (Wildman–Crippen LogP) is 0.969. The fourth-order valence-electron chi connectivity index (χ4n) is 2.17. The van der Waals surface area contributed by atoms with Gasteiger partial charge < -0.3 is 19.5 Å². The summed E-state index contributed by atoms with van der Waals surface area (Å²) >= 11 is 0. The molecule has 1 heterocycles. The molecule has 0 aromatic carbocycles. The molecule has 1 aliphatic heterocycles. The second-order valence-electron chi connectivity index (χ2n) is 4.71. The normalized spacial score (nSPS) is 22.7. The predicted molar refractivity (Wildman–Crippen MR) is 68.4 cm³/mol. The minimum atomic E-state index is -0.325. The Morgan fingerprint density at radius 3 is 2.89 bits per heavy atom. The Balaban J connectivity index is 2.44. The molecule has 3 atom stereocenters. The highest BCUT2D eigenvalue weighted by Crippen LogP contribution is 2.12. The fraction of sp³-hybridized carbons (Fsp3) is 0.923. The molecule has 18 heavy (non-hydrogen) atoms. The number of carbonyl (C=O) groups is 1. The van der Waals surface area contributed by atoms with Crippen LogP contribution in [0.2, 0.25) is 0 Å². The summed E-state index contributed by atoms with van der Waals surface area (Å²) in [6.45, 7) is 6.24. The van der Waals surface area contributed by atoms with Crippen LogP contribution in [-0.2, 0) is 19.0 Å². The number of methoxy groups -OCH3 is 1. The largest absolute Gasteiger partial charge is 0.465 e. The van der Waals surface area contributed by atoms with E-state index in [1.165, 1.54) is 0 Å². The van der Waals surface area contributed by atoms with E-state index >= 15 is 0 Å². The van der Waals surface area contributed by atoms with E-state index in [2.05, 4.69) is 5.32 Å². The summed E-state index contributed by atoms with van der Waals surface area (Å²) in [6, 6.07) is -0.325. The van der Waals surface area contributed by atoms with Gasteiger partial charge in [-0.3, -0.25) is 4.79 Å². The summed E-state index contributed by atoms with van der Waals surface area (Å²) in [7, 11) is 1.64. The third-order valence-corrected chi connectivity index (χ3v) is 3.13. The third-order valence-electron chi connectivity index (χ3n) is 3.13. The first kappa shape index (κ1) is 15.4. The maximum Gasteiger partial charge on any atom is 0.323 e.